The van der Waals surface area contributed by atoms with Crippen LogP contribution in [0.2, 0.25) is 5.02 Å². The summed E-state index contributed by atoms with van der Waals surface area (Å²) in [4.78, 5) is 16.8. The number of carbonyl (C=O) groups excluding carboxylic acids is 1. The highest BCUT2D eigenvalue weighted by atomic mass is 35.5. The van der Waals surface area contributed by atoms with Gasteiger partial charge < -0.3 is 10.4 Å². The molecular weight excluding hydrogens is 462 g/mol. The Bertz CT molecular complexity index is 1310. The Morgan fingerprint density at radius 3 is 2.66 bits per heavy atom. The molecule has 4 aromatic rings. The van der Waals surface area contributed by atoms with E-state index in [0.717, 1.165) is 15.8 Å². The average Bonchev–Trinajstić information content (AvgIpc) is 3.19. The molecule has 0 unspecified atom stereocenters. The third kappa shape index (κ3) is 5.13. The van der Waals surface area contributed by atoms with Crippen molar-refractivity contribution >= 4 is 68.2 Å². The molecule has 5 nitrogen and oxygen atoms in total. The Hall–Kier alpha value is -3.26. The van der Waals surface area contributed by atoms with Gasteiger partial charge in [-0.1, -0.05) is 35.9 Å². The van der Waals surface area contributed by atoms with Gasteiger partial charge >= 0.3 is 0 Å². The molecule has 0 aliphatic rings. The fourth-order valence-electron chi connectivity index (χ4n) is 3.06. The second-order valence-corrected chi connectivity index (χ2v) is 8.88. The van der Waals surface area contributed by atoms with E-state index in [1.807, 2.05) is 36.4 Å². The molecule has 0 saturated carbocycles. The van der Waals surface area contributed by atoms with Crippen LogP contribution in [0.1, 0.15) is 11.1 Å². The topological polar surface area (TPSA) is 74.2 Å². The number of thiocarbonyl (C=S) groups is 1. The molecule has 0 atom stereocenters. The van der Waals surface area contributed by atoms with E-state index < -0.39 is 0 Å². The fourth-order valence-corrected chi connectivity index (χ4v) is 4.39. The number of aromatic nitrogens is 1. The first-order chi connectivity index (χ1) is 15.4. The van der Waals surface area contributed by atoms with Crippen LogP contribution >= 0.6 is 35.2 Å². The van der Waals surface area contributed by atoms with Crippen molar-refractivity contribution < 1.29 is 9.90 Å². The second kappa shape index (κ2) is 9.48. The number of fused-ring (bicyclic) bond motifs is 1. The number of carbonyl (C=O) groups is 1. The molecule has 0 bridgehead atoms. The number of rotatable bonds is 4. The first-order valence-corrected chi connectivity index (χ1v) is 11.2. The highest BCUT2D eigenvalue weighted by molar-refractivity contribution is 7.80. The van der Waals surface area contributed by atoms with Crippen molar-refractivity contribution in [2.75, 3.05) is 5.32 Å². The summed E-state index contributed by atoms with van der Waals surface area (Å²) in [6.45, 7) is 1.80. The molecule has 0 spiro atoms. The van der Waals surface area contributed by atoms with Gasteiger partial charge in [-0.05, 0) is 72.7 Å². The monoisotopic (exact) mass is 479 g/mol. The number of phenolic OH excluding ortho intramolecular Hbond substituents is 1. The van der Waals surface area contributed by atoms with E-state index in [-0.39, 0.29) is 16.8 Å². The number of para-hydroxylation sites is 1. The number of nitrogens with zero attached hydrogens (tertiary/aromatic N) is 1. The summed E-state index contributed by atoms with van der Waals surface area (Å²) in [6, 6.07) is 18.5. The Kier molecular flexibility index (Phi) is 6.50. The molecule has 4 rings (SSSR count). The molecule has 1 amide bonds. The Balaban J connectivity index is 1.48. The number of aryl methyl sites for hydroxylation is 1. The van der Waals surface area contributed by atoms with E-state index in [1.165, 1.54) is 17.4 Å². The quantitative estimate of drug-likeness (QED) is 0.186. The molecule has 3 aromatic carbocycles. The molecule has 0 fully saturated rings. The average molecular weight is 480 g/mol. The molecule has 0 radical (unpaired) electrons. The zero-order valence-corrected chi connectivity index (χ0v) is 19.3. The number of benzene rings is 3. The molecule has 0 saturated heterocycles. The van der Waals surface area contributed by atoms with Crippen molar-refractivity contribution in [1.29, 1.82) is 0 Å². The Morgan fingerprint density at radius 2 is 1.91 bits per heavy atom. The molecule has 1 aromatic heterocycles. The zero-order valence-electron chi connectivity index (χ0n) is 16.9. The smallest absolute Gasteiger partial charge is 0.250 e. The lowest BCUT2D eigenvalue weighted by atomic mass is 10.1. The normalized spacial score (nSPS) is 11.1. The van der Waals surface area contributed by atoms with Crippen molar-refractivity contribution in [3.8, 4) is 16.3 Å². The summed E-state index contributed by atoms with van der Waals surface area (Å²) in [5.41, 5.74) is 3.63. The van der Waals surface area contributed by atoms with Gasteiger partial charge in [0.15, 0.2) is 5.11 Å². The molecule has 0 aliphatic heterocycles. The van der Waals surface area contributed by atoms with Crippen LogP contribution < -0.4 is 10.6 Å². The molecule has 3 N–H and O–H groups in total. The first kappa shape index (κ1) is 22.0. The highest BCUT2D eigenvalue weighted by Gasteiger charge is 2.14. The molecule has 0 aliphatic carbocycles. The number of aromatic hydroxyl groups is 1. The Labute approximate surface area is 199 Å². The zero-order chi connectivity index (χ0) is 22.7. The van der Waals surface area contributed by atoms with E-state index in [9.17, 15) is 9.90 Å². The van der Waals surface area contributed by atoms with Crippen molar-refractivity contribution in [2.45, 2.75) is 6.92 Å². The van der Waals surface area contributed by atoms with Gasteiger partial charge in [0.25, 0.3) is 0 Å². The number of halogens is 1. The minimum Gasteiger partial charge on any atom is -0.507 e. The van der Waals surface area contributed by atoms with Gasteiger partial charge in [-0.25, -0.2) is 4.98 Å². The van der Waals surface area contributed by atoms with Crippen LogP contribution in [0.15, 0.2) is 66.7 Å². The summed E-state index contributed by atoms with van der Waals surface area (Å²) < 4.78 is 1.04. The predicted octanol–water partition coefficient (Wildman–Crippen LogP) is 6.16. The summed E-state index contributed by atoms with van der Waals surface area (Å²) >= 11 is 12.6. The van der Waals surface area contributed by atoms with Crippen LogP contribution in [0.3, 0.4) is 0 Å². The third-order valence-electron chi connectivity index (χ3n) is 4.62. The number of nitrogens with one attached hydrogen (secondary N) is 2. The minimum atomic E-state index is -0.362. The molecule has 8 heteroatoms. The number of hydrogen-bond donors (Lipinski definition) is 3. The number of hydrogen-bond acceptors (Lipinski definition) is 5. The van der Waals surface area contributed by atoms with Gasteiger partial charge in [0.1, 0.15) is 10.8 Å². The van der Waals surface area contributed by atoms with Crippen molar-refractivity contribution in [2.24, 2.45) is 0 Å². The maximum Gasteiger partial charge on any atom is 0.250 e. The standard InChI is InChI=1S/C24H18ClN3O2S2/c1-14-12-17(13-18(22(14)30)23-27-19-4-2-3-5-20(19)32-23)26-24(31)28-21(29)11-8-15-6-9-16(25)10-7-15/h2-13,30H,1H3,(H2,26,28,29,31)/b11-8+. The van der Waals surface area contributed by atoms with Crippen LogP contribution in [0.4, 0.5) is 5.69 Å². The van der Waals surface area contributed by atoms with Crippen LogP contribution in [-0.4, -0.2) is 21.1 Å². The number of amides is 1. The van der Waals surface area contributed by atoms with E-state index >= 15 is 0 Å². The van der Waals surface area contributed by atoms with Gasteiger partial charge in [0.05, 0.1) is 15.8 Å². The number of thiazole rings is 1. The van der Waals surface area contributed by atoms with Gasteiger partial charge in [-0.15, -0.1) is 11.3 Å². The third-order valence-corrected chi connectivity index (χ3v) is 6.14. The van der Waals surface area contributed by atoms with Crippen molar-refractivity contribution in [1.82, 2.24) is 10.3 Å². The maximum atomic E-state index is 12.2. The first-order valence-electron chi connectivity index (χ1n) is 9.64. The number of anilines is 1. The van der Waals surface area contributed by atoms with E-state index in [0.29, 0.717) is 26.8 Å². The molecule has 160 valence electrons. The SMILES string of the molecule is Cc1cc(NC(=S)NC(=O)/C=C/c2ccc(Cl)cc2)cc(-c2nc3ccccc3s2)c1O. The van der Waals surface area contributed by atoms with Gasteiger partial charge in [0, 0.05) is 16.8 Å². The summed E-state index contributed by atoms with van der Waals surface area (Å²) in [5.74, 6) is -0.199. The second-order valence-electron chi connectivity index (χ2n) is 7.00. The van der Waals surface area contributed by atoms with Crippen LogP contribution in [0.25, 0.3) is 26.9 Å². The van der Waals surface area contributed by atoms with E-state index in [2.05, 4.69) is 15.6 Å². The largest absolute Gasteiger partial charge is 0.507 e. The van der Waals surface area contributed by atoms with E-state index in [4.69, 9.17) is 23.8 Å². The predicted molar refractivity (Wildman–Crippen MR) is 136 cm³/mol. The van der Waals surface area contributed by atoms with Crippen molar-refractivity contribution in [3.05, 3.63) is 82.9 Å². The van der Waals surface area contributed by atoms with Crippen molar-refractivity contribution in [3.63, 3.8) is 0 Å². The van der Waals surface area contributed by atoms with Crippen LogP contribution in [0, 0.1) is 6.92 Å². The minimum absolute atomic E-state index is 0.149. The van der Waals surface area contributed by atoms with Gasteiger partial charge in [0.2, 0.25) is 5.91 Å². The van der Waals surface area contributed by atoms with E-state index in [1.54, 1.807) is 37.3 Å². The summed E-state index contributed by atoms with van der Waals surface area (Å²) in [6.07, 6.45) is 3.07. The lowest BCUT2D eigenvalue weighted by Gasteiger charge is -2.12. The summed E-state index contributed by atoms with van der Waals surface area (Å²) in [5, 5.41) is 17.7. The van der Waals surface area contributed by atoms with Crippen LogP contribution in [0.5, 0.6) is 5.75 Å². The van der Waals surface area contributed by atoms with Gasteiger partial charge in [-0.3, -0.25) is 10.1 Å². The molecular formula is C24H18ClN3O2S2. The number of phenols is 1. The van der Waals surface area contributed by atoms with Gasteiger partial charge in [-0.2, -0.15) is 0 Å². The summed E-state index contributed by atoms with van der Waals surface area (Å²) in [7, 11) is 0. The molecule has 32 heavy (non-hydrogen) atoms. The fraction of sp³-hybridized carbons (Fsp3) is 0.0417. The highest BCUT2D eigenvalue weighted by Crippen LogP contribution is 2.38. The molecule has 1 heterocycles. The lowest BCUT2D eigenvalue weighted by Crippen LogP contribution is -2.32. The van der Waals surface area contributed by atoms with Crippen LogP contribution in [-0.2, 0) is 4.79 Å². The maximum absolute atomic E-state index is 12.2. The Morgan fingerprint density at radius 1 is 1.16 bits per heavy atom. The lowest BCUT2D eigenvalue weighted by molar-refractivity contribution is -0.115.